The molecule has 0 bridgehead atoms. The Balaban J connectivity index is 3.36. The van der Waals surface area contributed by atoms with E-state index in [1.54, 1.807) is 0 Å². The number of carbonyl (C=O) groups is 2. The van der Waals surface area contributed by atoms with Crippen LogP contribution in [0.2, 0.25) is 0 Å². The number of hydrogen-bond acceptors (Lipinski definition) is 4. The van der Waals surface area contributed by atoms with Gasteiger partial charge in [-0.05, 0) is 31.6 Å². The Bertz CT molecular complexity index is 453. The van der Waals surface area contributed by atoms with Crippen LogP contribution in [0, 0.1) is 5.41 Å². The molecule has 0 N–H and O–H groups in total. The molecule has 4 heteroatoms. The zero-order valence-corrected chi connectivity index (χ0v) is 22.1. The van der Waals surface area contributed by atoms with E-state index in [9.17, 15) is 9.59 Å². The van der Waals surface area contributed by atoms with Crippen molar-refractivity contribution in [1.82, 2.24) is 0 Å². The van der Waals surface area contributed by atoms with Crippen LogP contribution in [0.4, 0.5) is 0 Å². The van der Waals surface area contributed by atoms with Gasteiger partial charge in [0.25, 0.3) is 0 Å². The third kappa shape index (κ3) is 20.8. The topological polar surface area (TPSA) is 52.6 Å². The van der Waals surface area contributed by atoms with Crippen molar-refractivity contribution in [3.63, 3.8) is 0 Å². The molecule has 0 aromatic rings. The number of rotatable bonds is 21. The highest BCUT2D eigenvalue weighted by molar-refractivity contribution is 5.70. The van der Waals surface area contributed by atoms with E-state index in [1.807, 2.05) is 6.92 Å². The van der Waals surface area contributed by atoms with Gasteiger partial charge in [-0.3, -0.25) is 9.59 Å². The molecule has 1 unspecified atom stereocenters. The second kappa shape index (κ2) is 20.5. The zero-order valence-electron chi connectivity index (χ0n) is 22.1. The molecule has 4 nitrogen and oxygen atoms in total. The lowest BCUT2D eigenvalue weighted by Gasteiger charge is -2.26. The molecule has 0 aromatic carbocycles. The first kappa shape index (κ1) is 30.9. The number of hydrogen-bond donors (Lipinski definition) is 0. The maximum Gasteiger partial charge on any atom is 0.306 e. The summed E-state index contributed by atoms with van der Waals surface area (Å²) in [5.74, 6) is -0.320. The van der Waals surface area contributed by atoms with Gasteiger partial charge in [-0.1, -0.05) is 111 Å². The van der Waals surface area contributed by atoms with Gasteiger partial charge in [-0.2, -0.15) is 0 Å². The third-order valence-corrected chi connectivity index (χ3v) is 6.30. The van der Waals surface area contributed by atoms with Crippen LogP contribution in [0.3, 0.4) is 0 Å². The molecule has 0 aromatic heterocycles. The summed E-state index contributed by atoms with van der Waals surface area (Å²) < 4.78 is 10.7. The van der Waals surface area contributed by atoms with Gasteiger partial charge < -0.3 is 9.47 Å². The SMILES string of the molecule is CCCCCCCCCCCCCCCCOC(=O)CCCCC(=O)OC(C)C(C)(C)C. The minimum Gasteiger partial charge on any atom is -0.466 e. The first-order valence-electron chi connectivity index (χ1n) is 13.6. The van der Waals surface area contributed by atoms with Crippen LogP contribution in [0.15, 0.2) is 0 Å². The molecule has 0 spiro atoms. The lowest BCUT2D eigenvalue weighted by molar-refractivity contribution is -0.153. The predicted molar refractivity (Wildman–Crippen MR) is 135 cm³/mol. The number of ether oxygens (including phenoxy) is 2. The smallest absolute Gasteiger partial charge is 0.306 e. The first-order chi connectivity index (χ1) is 15.3. The molecule has 0 saturated heterocycles. The summed E-state index contributed by atoms with van der Waals surface area (Å²) in [6.07, 6.45) is 20.5. The molecule has 0 rings (SSSR count). The standard InChI is InChI=1S/C28H54O4/c1-6-7-8-9-10-11-12-13-14-15-16-17-18-21-24-31-26(29)22-19-20-23-27(30)32-25(2)28(3,4)5/h25H,6-24H2,1-5H3. The molecular weight excluding hydrogens is 400 g/mol. The van der Waals surface area contributed by atoms with Gasteiger partial charge in [0.05, 0.1) is 6.61 Å². The van der Waals surface area contributed by atoms with E-state index in [0.29, 0.717) is 32.3 Å². The molecule has 0 radical (unpaired) electrons. The normalized spacial score (nSPS) is 12.5. The van der Waals surface area contributed by atoms with Gasteiger partial charge in [0.2, 0.25) is 0 Å². The van der Waals surface area contributed by atoms with Crippen molar-refractivity contribution in [2.75, 3.05) is 6.61 Å². The van der Waals surface area contributed by atoms with Crippen molar-refractivity contribution >= 4 is 11.9 Å². The molecule has 0 amide bonds. The molecule has 190 valence electrons. The number of carbonyl (C=O) groups excluding carboxylic acids is 2. The highest BCUT2D eigenvalue weighted by Gasteiger charge is 2.23. The summed E-state index contributed by atoms with van der Waals surface area (Å²) in [5, 5.41) is 0. The summed E-state index contributed by atoms with van der Waals surface area (Å²) >= 11 is 0. The highest BCUT2D eigenvalue weighted by Crippen LogP contribution is 2.22. The summed E-state index contributed by atoms with van der Waals surface area (Å²) in [7, 11) is 0. The Kier molecular flexibility index (Phi) is 19.9. The summed E-state index contributed by atoms with van der Waals surface area (Å²) in [5.41, 5.74) is -0.0489. The average molecular weight is 455 g/mol. The molecule has 0 saturated carbocycles. The van der Waals surface area contributed by atoms with E-state index in [0.717, 1.165) is 12.8 Å². The van der Waals surface area contributed by atoms with E-state index in [1.165, 1.54) is 77.0 Å². The molecule has 0 heterocycles. The predicted octanol–water partition coefficient (Wildman–Crippen LogP) is 8.55. The molecule has 1 atom stereocenters. The zero-order chi connectivity index (χ0) is 24.1. The Morgan fingerprint density at radius 2 is 1.03 bits per heavy atom. The fourth-order valence-corrected chi connectivity index (χ4v) is 3.53. The van der Waals surface area contributed by atoms with E-state index in [-0.39, 0.29) is 23.5 Å². The Morgan fingerprint density at radius 3 is 1.47 bits per heavy atom. The second-order valence-corrected chi connectivity index (χ2v) is 10.5. The monoisotopic (exact) mass is 454 g/mol. The van der Waals surface area contributed by atoms with Gasteiger partial charge in [0.15, 0.2) is 0 Å². The third-order valence-electron chi connectivity index (χ3n) is 6.30. The van der Waals surface area contributed by atoms with Crippen LogP contribution in [-0.4, -0.2) is 24.6 Å². The highest BCUT2D eigenvalue weighted by atomic mass is 16.5. The Morgan fingerprint density at radius 1 is 0.625 bits per heavy atom. The number of unbranched alkanes of at least 4 members (excludes halogenated alkanes) is 14. The van der Waals surface area contributed by atoms with Crippen molar-refractivity contribution < 1.29 is 19.1 Å². The quantitative estimate of drug-likeness (QED) is 0.129. The average Bonchev–Trinajstić information content (AvgIpc) is 2.73. The minimum atomic E-state index is -0.178. The largest absolute Gasteiger partial charge is 0.466 e. The van der Waals surface area contributed by atoms with Crippen LogP contribution >= 0.6 is 0 Å². The molecule has 32 heavy (non-hydrogen) atoms. The van der Waals surface area contributed by atoms with Crippen molar-refractivity contribution in [2.45, 2.75) is 156 Å². The van der Waals surface area contributed by atoms with Gasteiger partial charge >= 0.3 is 11.9 Å². The van der Waals surface area contributed by atoms with Gasteiger partial charge in [0.1, 0.15) is 6.10 Å². The summed E-state index contributed by atoms with van der Waals surface area (Å²) in [6, 6.07) is 0. The van der Waals surface area contributed by atoms with Gasteiger partial charge in [-0.15, -0.1) is 0 Å². The summed E-state index contributed by atoms with van der Waals surface area (Å²) in [6.45, 7) is 10.9. The van der Waals surface area contributed by atoms with Crippen LogP contribution in [0.1, 0.15) is 150 Å². The van der Waals surface area contributed by atoms with Crippen LogP contribution in [0.5, 0.6) is 0 Å². The van der Waals surface area contributed by atoms with Crippen LogP contribution < -0.4 is 0 Å². The van der Waals surface area contributed by atoms with Crippen molar-refractivity contribution in [2.24, 2.45) is 5.41 Å². The fraction of sp³-hybridized carbons (Fsp3) is 0.929. The lowest BCUT2D eigenvalue weighted by atomic mass is 9.90. The van der Waals surface area contributed by atoms with Crippen LogP contribution in [-0.2, 0) is 19.1 Å². The van der Waals surface area contributed by atoms with Crippen molar-refractivity contribution in [3.05, 3.63) is 0 Å². The van der Waals surface area contributed by atoms with E-state index < -0.39 is 0 Å². The maximum absolute atomic E-state index is 11.8. The molecule has 0 fully saturated rings. The maximum atomic E-state index is 11.8. The Hall–Kier alpha value is -1.06. The number of esters is 2. The lowest BCUT2D eigenvalue weighted by Crippen LogP contribution is -2.28. The molecular formula is C28H54O4. The van der Waals surface area contributed by atoms with Crippen molar-refractivity contribution in [3.8, 4) is 0 Å². The van der Waals surface area contributed by atoms with Gasteiger partial charge in [-0.25, -0.2) is 0 Å². The van der Waals surface area contributed by atoms with E-state index >= 15 is 0 Å². The van der Waals surface area contributed by atoms with Crippen LogP contribution in [0.25, 0.3) is 0 Å². The first-order valence-corrected chi connectivity index (χ1v) is 13.6. The molecule has 0 aliphatic carbocycles. The Labute approximate surface area is 199 Å². The second-order valence-electron chi connectivity index (χ2n) is 10.5. The van der Waals surface area contributed by atoms with E-state index in [2.05, 4.69) is 27.7 Å². The van der Waals surface area contributed by atoms with E-state index in [4.69, 9.17) is 9.47 Å². The van der Waals surface area contributed by atoms with Gasteiger partial charge in [0, 0.05) is 12.8 Å². The molecule has 0 aliphatic rings. The fourth-order valence-electron chi connectivity index (χ4n) is 3.53. The molecule has 0 aliphatic heterocycles. The summed E-state index contributed by atoms with van der Waals surface area (Å²) in [4.78, 5) is 23.6. The minimum absolute atomic E-state index is 0.0489. The van der Waals surface area contributed by atoms with Crippen molar-refractivity contribution in [1.29, 1.82) is 0 Å².